The molecule has 0 aliphatic rings. The van der Waals surface area contributed by atoms with Gasteiger partial charge < -0.3 is 20.6 Å². The lowest BCUT2D eigenvalue weighted by molar-refractivity contribution is -0.141. The van der Waals surface area contributed by atoms with Gasteiger partial charge in [0.1, 0.15) is 6.04 Å². The summed E-state index contributed by atoms with van der Waals surface area (Å²) in [5.41, 5.74) is -0.377. The van der Waals surface area contributed by atoms with Crippen molar-refractivity contribution in [3.63, 3.8) is 0 Å². The number of nitrogens with one attached hydrogen (secondary N) is 2. The summed E-state index contributed by atoms with van der Waals surface area (Å²) < 4.78 is 0. The summed E-state index contributed by atoms with van der Waals surface area (Å²) in [7, 11) is 0. The van der Waals surface area contributed by atoms with Crippen LogP contribution in [0.2, 0.25) is 0 Å². The van der Waals surface area contributed by atoms with E-state index in [1.807, 2.05) is 20.8 Å². The van der Waals surface area contributed by atoms with E-state index in [1.165, 1.54) is 11.8 Å². The zero-order valence-electron chi connectivity index (χ0n) is 13.7. The van der Waals surface area contributed by atoms with Crippen molar-refractivity contribution in [1.82, 2.24) is 15.5 Å². The van der Waals surface area contributed by atoms with Gasteiger partial charge in [-0.3, -0.25) is 9.59 Å². The predicted molar refractivity (Wildman–Crippen MR) is 79.9 cm³/mol. The number of hydrogen-bond acceptors (Lipinski definition) is 3. The first-order valence-electron chi connectivity index (χ1n) is 7.08. The Kier molecular flexibility index (Phi) is 7.18. The molecular weight excluding hydrogens is 274 g/mol. The summed E-state index contributed by atoms with van der Waals surface area (Å²) in [6.07, 6.45) is 0. The number of carbonyl (C=O) groups excluding carboxylic acids is 2. The number of rotatable bonds is 6. The summed E-state index contributed by atoms with van der Waals surface area (Å²) >= 11 is 0. The average molecular weight is 301 g/mol. The van der Waals surface area contributed by atoms with Gasteiger partial charge in [-0.05, 0) is 34.6 Å². The Morgan fingerprint density at radius 3 is 2.10 bits per heavy atom. The van der Waals surface area contributed by atoms with Crippen molar-refractivity contribution >= 4 is 17.9 Å². The highest BCUT2D eigenvalue weighted by Gasteiger charge is 2.24. The van der Waals surface area contributed by atoms with E-state index in [2.05, 4.69) is 10.6 Å². The van der Waals surface area contributed by atoms with Gasteiger partial charge in [-0.25, -0.2) is 4.79 Å². The quantitative estimate of drug-likeness (QED) is 0.682. The van der Waals surface area contributed by atoms with E-state index in [0.29, 0.717) is 6.54 Å². The molecule has 0 bridgehead atoms. The number of amides is 3. The zero-order valence-corrected chi connectivity index (χ0v) is 13.7. The lowest BCUT2D eigenvalue weighted by atomic mass is 10.1. The molecule has 21 heavy (non-hydrogen) atoms. The Bertz CT molecular complexity index is 390. The lowest BCUT2D eigenvalue weighted by Crippen LogP contribution is -2.54. The highest BCUT2D eigenvalue weighted by atomic mass is 16.4. The molecule has 0 spiro atoms. The largest absolute Gasteiger partial charge is 0.481 e. The first-order chi connectivity index (χ1) is 9.47. The van der Waals surface area contributed by atoms with Crippen LogP contribution in [0, 0.1) is 5.92 Å². The number of nitrogens with zero attached hydrogens (tertiary/aromatic N) is 1. The maximum Gasteiger partial charge on any atom is 0.318 e. The molecule has 3 amide bonds. The van der Waals surface area contributed by atoms with Crippen LogP contribution in [0.25, 0.3) is 0 Å². The fourth-order valence-corrected chi connectivity index (χ4v) is 1.58. The molecule has 0 saturated carbocycles. The van der Waals surface area contributed by atoms with E-state index in [9.17, 15) is 14.4 Å². The highest BCUT2D eigenvalue weighted by Crippen LogP contribution is 2.03. The van der Waals surface area contributed by atoms with E-state index < -0.39 is 24.0 Å². The van der Waals surface area contributed by atoms with Gasteiger partial charge in [0.15, 0.2) is 0 Å². The van der Waals surface area contributed by atoms with Crippen LogP contribution < -0.4 is 10.6 Å². The number of aliphatic carboxylic acids is 1. The van der Waals surface area contributed by atoms with Gasteiger partial charge >= 0.3 is 12.0 Å². The molecule has 0 aliphatic heterocycles. The second kappa shape index (κ2) is 7.85. The molecule has 0 fully saturated rings. The fourth-order valence-electron chi connectivity index (χ4n) is 1.58. The van der Waals surface area contributed by atoms with Gasteiger partial charge in [-0.1, -0.05) is 6.92 Å². The minimum Gasteiger partial charge on any atom is -0.481 e. The van der Waals surface area contributed by atoms with Crippen LogP contribution >= 0.6 is 0 Å². The molecule has 0 radical (unpaired) electrons. The van der Waals surface area contributed by atoms with Gasteiger partial charge in [0, 0.05) is 18.6 Å². The Morgan fingerprint density at radius 2 is 1.71 bits per heavy atom. The molecule has 0 aliphatic carbocycles. The first-order valence-corrected chi connectivity index (χ1v) is 7.08. The Balaban J connectivity index is 4.56. The van der Waals surface area contributed by atoms with Crippen molar-refractivity contribution in [3.05, 3.63) is 0 Å². The van der Waals surface area contributed by atoms with Crippen LogP contribution in [0.1, 0.15) is 41.5 Å². The average Bonchev–Trinajstić information content (AvgIpc) is 2.32. The monoisotopic (exact) mass is 301 g/mol. The van der Waals surface area contributed by atoms with Crippen LogP contribution in [0.15, 0.2) is 0 Å². The van der Waals surface area contributed by atoms with E-state index in [1.54, 1.807) is 13.8 Å². The maximum atomic E-state index is 12.1. The summed E-state index contributed by atoms with van der Waals surface area (Å²) in [5.74, 6) is -1.90. The highest BCUT2D eigenvalue weighted by molar-refractivity contribution is 5.87. The Morgan fingerprint density at radius 1 is 1.19 bits per heavy atom. The van der Waals surface area contributed by atoms with Crippen molar-refractivity contribution in [2.75, 3.05) is 13.1 Å². The summed E-state index contributed by atoms with van der Waals surface area (Å²) in [6, 6.07) is -1.13. The van der Waals surface area contributed by atoms with Gasteiger partial charge in [-0.15, -0.1) is 0 Å². The normalized spacial score (nSPS) is 14.0. The topological polar surface area (TPSA) is 98.7 Å². The van der Waals surface area contributed by atoms with Crippen molar-refractivity contribution in [2.45, 2.75) is 53.1 Å². The second-order valence-corrected chi connectivity index (χ2v) is 6.19. The number of carboxylic acids is 1. The number of carbonyl (C=O) groups is 3. The molecule has 0 saturated heterocycles. The molecule has 0 aromatic carbocycles. The second-order valence-electron chi connectivity index (χ2n) is 6.19. The molecule has 7 nitrogen and oxygen atoms in total. The Labute approximate surface area is 126 Å². The maximum absolute atomic E-state index is 12.1. The number of urea groups is 1. The van der Waals surface area contributed by atoms with Crippen LogP contribution in [-0.2, 0) is 9.59 Å². The predicted octanol–water partition coefficient (Wildman–Crippen LogP) is 1.04. The van der Waals surface area contributed by atoms with Crippen LogP contribution in [0.4, 0.5) is 4.79 Å². The summed E-state index contributed by atoms with van der Waals surface area (Å²) in [4.78, 5) is 36.2. The van der Waals surface area contributed by atoms with Crippen molar-refractivity contribution in [2.24, 2.45) is 5.92 Å². The third kappa shape index (κ3) is 7.53. The van der Waals surface area contributed by atoms with Gasteiger partial charge in [0.25, 0.3) is 0 Å². The molecule has 0 rings (SSSR count). The number of carboxylic acid groups (broad SMARTS) is 1. The SMILES string of the molecule is CCN(CC(C)C(=O)O)C(=O)NC(C)C(=O)NC(C)(C)C. The van der Waals surface area contributed by atoms with Crippen molar-refractivity contribution in [1.29, 1.82) is 0 Å². The van der Waals surface area contributed by atoms with Gasteiger partial charge in [0.05, 0.1) is 5.92 Å². The van der Waals surface area contributed by atoms with Crippen molar-refractivity contribution < 1.29 is 19.5 Å². The lowest BCUT2D eigenvalue weighted by Gasteiger charge is -2.27. The molecule has 2 unspecified atom stereocenters. The summed E-state index contributed by atoms with van der Waals surface area (Å²) in [5, 5.41) is 14.2. The third-order valence-corrected chi connectivity index (χ3v) is 2.82. The zero-order chi connectivity index (χ0) is 16.8. The van der Waals surface area contributed by atoms with Gasteiger partial charge in [0.2, 0.25) is 5.91 Å². The standard InChI is InChI=1S/C14H27N3O4/c1-7-17(8-9(2)12(19)20)13(21)15-10(3)11(18)16-14(4,5)6/h9-10H,7-8H2,1-6H3,(H,15,21)(H,16,18)(H,19,20). The molecular formula is C14H27N3O4. The fraction of sp³-hybridized carbons (Fsp3) is 0.786. The van der Waals surface area contributed by atoms with Crippen molar-refractivity contribution in [3.8, 4) is 0 Å². The van der Waals surface area contributed by atoms with E-state index in [4.69, 9.17) is 5.11 Å². The molecule has 3 N–H and O–H groups in total. The van der Waals surface area contributed by atoms with Crippen LogP contribution in [-0.4, -0.2) is 52.6 Å². The molecule has 2 atom stereocenters. The molecule has 0 heterocycles. The minimum absolute atomic E-state index is 0.102. The molecule has 122 valence electrons. The smallest absolute Gasteiger partial charge is 0.318 e. The van der Waals surface area contributed by atoms with Crippen LogP contribution in [0.3, 0.4) is 0 Å². The molecule has 0 aromatic rings. The van der Waals surface area contributed by atoms with Crippen LogP contribution in [0.5, 0.6) is 0 Å². The summed E-state index contributed by atoms with van der Waals surface area (Å²) in [6.45, 7) is 10.9. The first kappa shape index (κ1) is 19.2. The Hall–Kier alpha value is -1.79. The van der Waals surface area contributed by atoms with E-state index >= 15 is 0 Å². The van der Waals surface area contributed by atoms with E-state index in [0.717, 1.165) is 0 Å². The third-order valence-electron chi connectivity index (χ3n) is 2.82. The number of hydrogen-bond donors (Lipinski definition) is 3. The van der Waals surface area contributed by atoms with Gasteiger partial charge in [-0.2, -0.15) is 0 Å². The molecule has 7 heteroatoms. The molecule has 0 aromatic heterocycles. The van der Waals surface area contributed by atoms with E-state index in [-0.39, 0.29) is 18.0 Å². The minimum atomic E-state index is -0.959.